The molecule has 1 aliphatic heterocycles. The van der Waals surface area contributed by atoms with Gasteiger partial charge in [0, 0.05) is 0 Å². The Kier molecular flexibility index (Phi) is 5.43. The van der Waals surface area contributed by atoms with Crippen LogP contribution < -0.4 is 5.32 Å². The molecule has 1 heterocycles. The Morgan fingerprint density at radius 2 is 2.00 bits per heavy atom. The van der Waals surface area contributed by atoms with E-state index in [9.17, 15) is 9.59 Å². The summed E-state index contributed by atoms with van der Waals surface area (Å²) in [6, 6.07) is 0. The van der Waals surface area contributed by atoms with Crippen LogP contribution in [0.15, 0.2) is 0 Å². The van der Waals surface area contributed by atoms with Crippen LogP contribution in [0.3, 0.4) is 0 Å². The molecule has 5 nitrogen and oxygen atoms in total. The molecular weight excluding hydrogens is 342 g/mol. The first-order valence-corrected chi connectivity index (χ1v) is 10.8. The molecule has 1 saturated heterocycles. The summed E-state index contributed by atoms with van der Waals surface area (Å²) >= 11 is 3.03. The number of halogens is 1. The standard InChI is InChI=1S/C13H24BrNO4Si/c1-8(19-20(5,6)13(2,3)4)10-11(17)15-12(10)18-9(16)7-14/h8,10,12H,7H2,1-6H3,(H,15,17)/t8-,10+,12-/m1/s1. The molecule has 116 valence electrons. The maximum atomic E-state index is 11.7. The first-order chi connectivity index (χ1) is 8.99. The SMILES string of the molecule is C[C@@H](O[Si](C)(C)C(C)(C)C)[C@H]1C(=O)N[C@@H]1OC(=O)CBr. The molecule has 0 aliphatic carbocycles. The minimum Gasteiger partial charge on any atom is -0.440 e. The molecule has 1 amide bonds. The number of ether oxygens (including phenoxy) is 1. The number of amides is 1. The number of hydrogen-bond donors (Lipinski definition) is 1. The van der Waals surface area contributed by atoms with Crippen molar-refractivity contribution in [1.82, 2.24) is 5.32 Å². The minimum absolute atomic E-state index is 0.0729. The van der Waals surface area contributed by atoms with E-state index in [4.69, 9.17) is 9.16 Å². The largest absolute Gasteiger partial charge is 0.440 e. The summed E-state index contributed by atoms with van der Waals surface area (Å²) in [5.41, 5.74) is 0. The van der Waals surface area contributed by atoms with Crippen molar-refractivity contribution in [1.29, 1.82) is 0 Å². The molecule has 1 rings (SSSR count). The van der Waals surface area contributed by atoms with Crippen LogP contribution in [0, 0.1) is 5.92 Å². The lowest BCUT2D eigenvalue weighted by Crippen LogP contribution is -2.65. The first-order valence-electron chi connectivity index (χ1n) is 6.73. The van der Waals surface area contributed by atoms with Gasteiger partial charge in [-0.25, -0.2) is 0 Å². The van der Waals surface area contributed by atoms with Crippen LogP contribution >= 0.6 is 15.9 Å². The summed E-state index contributed by atoms with van der Waals surface area (Å²) in [6.07, 6.45) is -0.843. The van der Waals surface area contributed by atoms with Crippen LogP contribution in [-0.4, -0.2) is 37.9 Å². The zero-order chi connectivity index (χ0) is 15.7. The first kappa shape index (κ1) is 17.6. The van der Waals surface area contributed by atoms with Crippen molar-refractivity contribution in [3.05, 3.63) is 0 Å². The van der Waals surface area contributed by atoms with Crippen LogP contribution in [0.1, 0.15) is 27.7 Å². The van der Waals surface area contributed by atoms with Crippen molar-refractivity contribution in [2.45, 2.75) is 58.2 Å². The Morgan fingerprint density at radius 3 is 2.40 bits per heavy atom. The Hall–Kier alpha value is -0.403. The monoisotopic (exact) mass is 365 g/mol. The van der Waals surface area contributed by atoms with Crippen molar-refractivity contribution in [3.63, 3.8) is 0 Å². The molecule has 0 aromatic heterocycles. The van der Waals surface area contributed by atoms with Gasteiger partial charge in [-0.2, -0.15) is 0 Å². The molecule has 0 bridgehead atoms. The predicted octanol–water partition coefficient (Wildman–Crippen LogP) is 2.41. The molecule has 7 heteroatoms. The van der Waals surface area contributed by atoms with Gasteiger partial charge in [0.15, 0.2) is 14.5 Å². The molecule has 1 N–H and O–H groups in total. The number of carbonyl (C=O) groups is 2. The van der Waals surface area contributed by atoms with Gasteiger partial charge < -0.3 is 14.5 Å². The third-order valence-electron chi connectivity index (χ3n) is 4.07. The summed E-state index contributed by atoms with van der Waals surface area (Å²) in [6.45, 7) is 12.6. The van der Waals surface area contributed by atoms with Gasteiger partial charge in [-0.15, -0.1) is 0 Å². The average molecular weight is 366 g/mol. The van der Waals surface area contributed by atoms with Gasteiger partial charge in [-0.05, 0) is 25.1 Å². The summed E-state index contributed by atoms with van der Waals surface area (Å²) in [5, 5.41) is 2.78. The molecule has 0 radical (unpaired) electrons. The van der Waals surface area contributed by atoms with E-state index in [1.807, 2.05) is 6.92 Å². The van der Waals surface area contributed by atoms with Gasteiger partial charge in [0.25, 0.3) is 0 Å². The van der Waals surface area contributed by atoms with Crippen molar-refractivity contribution >= 4 is 36.1 Å². The summed E-state index contributed by atoms with van der Waals surface area (Å²) < 4.78 is 11.4. The number of β-lactam (4-membered cyclic amide) rings is 1. The van der Waals surface area contributed by atoms with Crippen LogP contribution in [0.5, 0.6) is 0 Å². The van der Waals surface area contributed by atoms with Crippen LogP contribution in [-0.2, 0) is 18.8 Å². The zero-order valence-corrected chi connectivity index (χ0v) is 15.5. The maximum Gasteiger partial charge on any atom is 0.318 e. The maximum absolute atomic E-state index is 11.7. The van der Waals surface area contributed by atoms with E-state index in [0.717, 1.165) is 0 Å². The molecular formula is C13H24BrNO4Si. The molecule has 3 atom stereocenters. The number of carbonyl (C=O) groups excluding carboxylic acids is 2. The van der Waals surface area contributed by atoms with Gasteiger partial charge in [0.2, 0.25) is 5.91 Å². The van der Waals surface area contributed by atoms with Crippen LogP contribution in [0.4, 0.5) is 0 Å². The molecule has 1 fully saturated rings. The van der Waals surface area contributed by atoms with E-state index in [1.54, 1.807) is 0 Å². The summed E-state index contributed by atoms with van der Waals surface area (Å²) in [7, 11) is -1.95. The van der Waals surface area contributed by atoms with E-state index >= 15 is 0 Å². The van der Waals surface area contributed by atoms with E-state index in [-0.39, 0.29) is 28.3 Å². The quantitative estimate of drug-likeness (QED) is 0.351. The number of nitrogens with one attached hydrogen (secondary N) is 1. The highest BCUT2D eigenvalue weighted by Crippen LogP contribution is 2.39. The molecule has 0 unspecified atom stereocenters. The van der Waals surface area contributed by atoms with Crippen molar-refractivity contribution in [2.75, 3.05) is 5.33 Å². The molecule has 0 aromatic rings. The number of alkyl halides is 1. The molecule has 0 spiro atoms. The number of hydrogen-bond acceptors (Lipinski definition) is 4. The number of rotatable bonds is 5. The lowest BCUT2D eigenvalue weighted by molar-refractivity contribution is -0.172. The highest BCUT2D eigenvalue weighted by molar-refractivity contribution is 9.09. The summed E-state index contributed by atoms with van der Waals surface area (Å²) in [4.78, 5) is 23.0. The van der Waals surface area contributed by atoms with E-state index in [1.165, 1.54) is 0 Å². The average Bonchev–Trinajstić information content (AvgIpc) is 2.25. The molecule has 1 aliphatic rings. The minimum atomic E-state index is -1.95. The third kappa shape index (κ3) is 3.83. The van der Waals surface area contributed by atoms with E-state index < -0.39 is 20.5 Å². The van der Waals surface area contributed by atoms with Crippen molar-refractivity contribution in [3.8, 4) is 0 Å². The highest BCUT2D eigenvalue weighted by Gasteiger charge is 2.49. The van der Waals surface area contributed by atoms with Gasteiger partial charge in [-0.3, -0.25) is 9.59 Å². The molecule has 0 aromatic carbocycles. The van der Waals surface area contributed by atoms with Crippen LogP contribution in [0.25, 0.3) is 0 Å². The third-order valence-corrected chi connectivity index (χ3v) is 9.10. The van der Waals surface area contributed by atoms with Crippen LogP contribution in [0.2, 0.25) is 18.1 Å². The van der Waals surface area contributed by atoms with Gasteiger partial charge >= 0.3 is 5.97 Å². The Labute approximate surface area is 130 Å². The fraction of sp³-hybridized carbons (Fsp3) is 0.846. The smallest absolute Gasteiger partial charge is 0.318 e. The lowest BCUT2D eigenvalue weighted by Gasteiger charge is -2.44. The second kappa shape index (κ2) is 6.15. The van der Waals surface area contributed by atoms with Gasteiger partial charge in [-0.1, -0.05) is 36.7 Å². The fourth-order valence-electron chi connectivity index (χ4n) is 1.82. The predicted molar refractivity (Wildman–Crippen MR) is 83.1 cm³/mol. The fourth-order valence-corrected chi connectivity index (χ4v) is 3.38. The molecule has 20 heavy (non-hydrogen) atoms. The van der Waals surface area contributed by atoms with Crippen molar-refractivity contribution < 1.29 is 18.8 Å². The zero-order valence-electron chi connectivity index (χ0n) is 13.0. The lowest BCUT2D eigenvalue weighted by atomic mass is 9.93. The van der Waals surface area contributed by atoms with E-state index in [0.29, 0.717) is 0 Å². The van der Waals surface area contributed by atoms with Crippen molar-refractivity contribution in [2.24, 2.45) is 5.92 Å². The second-order valence-corrected chi connectivity index (χ2v) is 12.0. The normalized spacial score (nSPS) is 24.6. The Balaban J connectivity index is 2.68. The Bertz CT molecular complexity index is 394. The molecule has 0 saturated carbocycles. The summed E-state index contributed by atoms with van der Waals surface area (Å²) in [5.74, 6) is -0.935. The second-order valence-electron chi connectivity index (χ2n) is 6.66. The number of esters is 1. The highest BCUT2D eigenvalue weighted by atomic mass is 79.9. The van der Waals surface area contributed by atoms with Gasteiger partial charge in [0.1, 0.15) is 11.2 Å². The van der Waals surface area contributed by atoms with E-state index in [2.05, 4.69) is 55.1 Å². The van der Waals surface area contributed by atoms with Gasteiger partial charge in [0.05, 0.1) is 6.10 Å². The Morgan fingerprint density at radius 1 is 1.45 bits per heavy atom. The topological polar surface area (TPSA) is 64.6 Å².